The zero-order valence-electron chi connectivity index (χ0n) is 14.4. The van der Waals surface area contributed by atoms with Crippen LogP contribution in [0.3, 0.4) is 0 Å². The zero-order chi connectivity index (χ0) is 16.8. The van der Waals surface area contributed by atoms with E-state index in [1.165, 1.54) is 30.2 Å². The Balaban J connectivity index is 1.46. The highest BCUT2D eigenvalue weighted by Gasteiger charge is 2.24. The van der Waals surface area contributed by atoms with Gasteiger partial charge in [0.1, 0.15) is 0 Å². The van der Waals surface area contributed by atoms with Crippen molar-refractivity contribution in [2.75, 3.05) is 56.7 Å². The van der Waals surface area contributed by atoms with E-state index in [-0.39, 0.29) is 12.1 Å². The van der Waals surface area contributed by atoms with Gasteiger partial charge in [-0.2, -0.15) is 11.8 Å². The van der Waals surface area contributed by atoms with E-state index in [4.69, 9.17) is 4.74 Å². The first-order valence-electron chi connectivity index (χ1n) is 8.73. The minimum atomic E-state index is -0.0657. The average Bonchev–Trinajstić information content (AvgIpc) is 3.16. The number of hydrogen-bond acceptors (Lipinski definition) is 4. The smallest absolute Gasteiger partial charge is 0.321 e. The Hall–Kier alpha value is -1.24. The van der Waals surface area contributed by atoms with Crippen LogP contribution in [0.25, 0.3) is 0 Å². The van der Waals surface area contributed by atoms with Crippen molar-refractivity contribution in [3.63, 3.8) is 0 Å². The number of nitrogens with one attached hydrogen (secondary N) is 1. The molecule has 1 atom stereocenters. The van der Waals surface area contributed by atoms with E-state index in [1.807, 2.05) is 30.9 Å². The van der Waals surface area contributed by atoms with Crippen molar-refractivity contribution in [3.8, 4) is 0 Å². The van der Waals surface area contributed by atoms with Crippen LogP contribution in [-0.4, -0.2) is 73.3 Å². The van der Waals surface area contributed by atoms with Gasteiger partial charge in [-0.15, -0.1) is 0 Å². The van der Waals surface area contributed by atoms with Gasteiger partial charge in [0.25, 0.3) is 0 Å². The Morgan fingerprint density at radius 1 is 1.33 bits per heavy atom. The monoisotopic (exact) mass is 349 g/mol. The van der Waals surface area contributed by atoms with Gasteiger partial charge >= 0.3 is 6.03 Å². The molecule has 0 radical (unpaired) electrons. The molecule has 2 fully saturated rings. The lowest BCUT2D eigenvalue weighted by Gasteiger charge is -2.26. The highest BCUT2D eigenvalue weighted by molar-refractivity contribution is 7.99. The van der Waals surface area contributed by atoms with Gasteiger partial charge in [0.2, 0.25) is 0 Å². The van der Waals surface area contributed by atoms with Crippen molar-refractivity contribution in [1.29, 1.82) is 0 Å². The van der Waals surface area contributed by atoms with E-state index in [2.05, 4.69) is 22.3 Å². The van der Waals surface area contributed by atoms with Crippen molar-refractivity contribution >= 4 is 23.5 Å². The third-order valence-electron chi connectivity index (χ3n) is 4.80. The number of ether oxygens (including phenoxy) is 1. The maximum Gasteiger partial charge on any atom is 0.321 e. The lowest BCUT2D eigenvalue weighted by atomic mass is 10.1. The fraction of sp³-hybridized carbons (Fsp3) is 0.611. The van der Waals surface area contributed by atoms with Crippen molar-refractivity contribution in [1.82, 2.24) is 9.80 Å². The summed E-state index contributed by atoms with van der Waals surface area (Å²) >= 11 is 2.05. The number of carbonyl (C=O) groups excluding carboxylic acids is 1. The van der Waals surface area contributed by atoms with Crippen LogP contribution in [0.5, 0.6) is 0 Å². The van der Waals surface area contributed by atoms with E-state index in [9.17, 15) is 4.79 Å². The van der Waals surface area contributed by atoms with Crippen LogP contribution in [-0.2, 0) is 11.2 Å². The molecule has 3 rings (SSSR count). The first-order valence-corrected chi connectivity index (χ1v) is 9.88. The van der Waals surface area contributed by atoms with E-state index < -0.39 is 0 Å². The summed E-state index contributed by atoms with van der Waals surface area (Å²) < 4.78 is 5.34. The molecular formula is C18H27N3O2S. The van der Waals surface area contributed by atoms with Gasteiger partial charge in [-0.05, 0) is 30.5 Å². The van der Waals surface area contributed by atoms with Crippen LogP contribution < -0.4 is 5.32 Å². The Morgan fingerprint density at radius 2 is 2.08 bits per heavy atom. The van der Waals surface area contributed by atoms with Crippen LogP contribution in [0.4, 0.5) is 10.5 Å². The Kier molecular flexibility index (Phi) is 6.40. The van der Waals surface area contributed by atoms with Crippen LogP contribution in [0, 0.1) is 0 Å². The second-order valence-electron chi connectivity index (χ2n) is 6.46. The maximum absolute atomic E-state index is 12.3. The number of likely N-dealkylation sites (N-methyl/N-ethyl adjacent to an activating group) is 1. The van der Waals surface area contributed by atoms with E-state index in [0.717, 1.165) is 31.7 Å². The van der Waals surface area contributed by atoms with Crippen LogP contribution in [0.2, 0.25) is 0 Å². The normalized spacial score (nSPS) is 21.6. The lowest BCUT2D eigenvalue weighted by Crippen LogP contribution is -2.40. The van der Waals surface area contributed by atoms with Gasteiger partial charge in [-0.3, -0.25) is 0 Å². The predicted molar refractivity (Wildman–Crippen MR) is 99.9 cm³/mol. The summed E-state index contributed by atoms with van der Waals surface area (Å²) in [5.74, 6) is 2.51. The molecule has 5 nitrogen and oxygen atoms in total. The summed E-state index contributed by atoms with van der Waals surface area (Å²) in [6, 6.07) is 8.35. The molecule has 0 aromatic heterocycles. The lowest BCUT2D eigenvalue weighted by molar-refractivity contribution is 0.164. The molecule has 2 amide bonds. The molecule has 0 aliphatic carbocycles. The number of amides is 2. The highest BCUT2D eigenvalue weighted by Crippen LogP contribution is 2.15. The first-order chi connectivity index (χ1) is 11.7. The second kappa shape index (κ2) is 8.74. The molecule has 132 valence electrons. The molecule has 24 heavy (non-hydrogen) atoms. The topological polar surface area (TPSA) is 44.8 Å². The van der Waals surface area contributed by atoms with Crippen LogP contribution in [0.15, 0.2) is 24.3 Å². The number of benzene rings is 1. The van der Waals surface area contributed by atoms with Crippen molar-refractivity contribution in [3.05, 3.63) is 29.8 Å². The number of hydrogen-bond donors (Lipinski definition) is 1. The van der Waals surface area contributed by atoms with Crippen molar-refractivity contribution in [2.45, 2.75) is 18.9 Å². The zero-order valence-corrected chi connectivity index (χ0v) is 15.2. The largest absolute Gasteiger partial charge is 0.379 e. The standard InChI is InChI=1S/C18H27N3O2S/c1-20(17-7-11-23-14-17)18(22)19-16-4-2-15(3-5-16)6-8-21-9-12-24-13-10-21/h2-5,17H,6-14H2,1H3,(H,19,22)/t17-/m1/s1. The molecule has 0 unspecified atom stereocenters. The number of rotatable bonds is 5. The molecule has 0 spiro atoms. The van der Waals surface area contributed by atoms with Gasteiger partial charge in [0.15, 0.2) is 0 Å². The number of nitrogens with zero attached hydrogens (tertiary/aromatic N) is 2. The molecule has 1 aromatic carbocycles. The molecule has 2 aliphatic heterocycles. The number of thioether (sulfide) groups is 1. The fourth-order valence-corrected chi connectivity index (χ4v) is 4.05. The Morgan fingerprint density at radius 3 is 2.75 bits per heavy atom. The number of carbonyl (C=O) groups is 1. The van der Waals surface area contributed by atoms with Gasteiger partial charge in [-0.1, -0.05) is 12.1 Å². The molecule has 2 heterocycles. The highest BCUT2D eigenvalue weighted by atomic mass is 32.2. The van der Waals surface area contributed by atoms with Crippen LogP contribution in [0.1, 0.15) is 12.0 Å². The molecule has 1 aromatic rings. The van der Waals surface area contributed by atoms with Crippen molar-refractivity contribution in [2.24, 2.45) is 0 Å². The third-order valence-corrected chi connectivity index (χ3v) is 5.74. The summed E-state index contributed by atoms with van der Waals surface area (Å²) in [4.78, 5) is 16.5. The second-order valence-corrected chi connectivity index (χ2v) is 7.68. The van der Waals surface area contributed by atoms with Gasteiger partial charge in [0.05, 0.1) is 12.6 Å². The first kappa shape index (κ1) is 17.6. The minimum absolute atomic E-state index is 0.0657. The summed E-state index contributed by atoms with van der Waals surface area (Å²) in [7, 11) is 1.83. The Labute approximate surface area is 148 Å². The van der Waals surface area contributed by atoms with Gasteiger partial charge in [-0.25, -0.2) is 4.79 Å². The molecule has 2 saturated heterocycles. The molecule has 0 saturated carbocycles. The molecular weight excluding hydrogens is 322 g/mol. The summed E-state index contributed by atoms with van der Waals surface area (Å²) in [5, 5.41) is 2.97. The third kappa shape index (κ3) is 4.88. The van der Waals surface area contributed by atoms with Gasteiger partial charge in [0, 0.05) is 50.5 Å². The number of anilines is 1. The summed E-state index contributed by atoms with van der Waals surface area (Å²) in [6.07, 6.45) is 1.98. The van der Waals surface area contributed by atoms with E-state index in [1.54, 1.807) is 4.90 Å². The summed E-state index contributed by atoms with van der Waals surface area (Å²) in [5.41, 5.74) is 2.17. The van der Waals surface area contributed by atoms with E-state index in [0.29, 0.717) is 6.61 Å². The van der Waals surface area contributed by atoms with Gasteiger partial charge < -0.3 is 19.9 Å². The average molecular weight is 350 g/mol. The number of urea groups is 1. The van der Waals surface area contributed by atoms with Crippen LogP contribution >= 0.6 is 11.8 Å². The summed E-state index contributed by atoms with van der Waals surface area (Å²) in [6.45, 7) is 4.91. The molecule has 0 bridgehead atoms. The Bertz CT molecular complexity index is 526. The van der Waals surface area contributed by atoms with Crippen molar-refractivity contribution < 1.29 is 9.53 Å². The quantitative estimate of drug-likeness (QED) is 0.887. The molecule has 6 heteroatoms. The maximum atomic E-state index is 12.3. The fourth-order valence-electron chi connectivity index (χ4n) is 3.07. The minimum Gasteiger partial charge on any atom is -0.379 e. The predicted octanol–water partition coefficient (Wildman–Crippen LogP) is 2.53. The molecule has 1 N–H and O–H groups in total. The van der Waals surface area contributed by atoms with E-state index >= 15 is 0 Å². The molecule has 2 aliphatic rings. The SMILES string of the molecule is CN(C(=O)Nc1ccc(CCN2CCSCC2)cc1)[C@@H]1CCOC1.